The van der Waals surface area contributed by atoms with Crippen LogP contribution in [0.2, 0.25) is 0 Å². The number of amidine groups is 1. The van der Waals surface area contributed by atoms with E-state index in [1.807, 2.05) is 19.0 Å². The summed E-state index contributed by atoms with van der Waals surface area (Å²) in [7, 11) is 3.84. The molecule has 2 aliphatic heterocycles. The first-order valence-electron chi connectivity index (χ1n) is 7.73. The van der Waals surface area contributed by atoms with Crippen molar-refractivity contribution in [2.45, 2.75) is 61.5 Å². The van der Waals surface area contributed by atoms with Crippen molar-refractivity contribution in [3.63, 3.8) is 0 Å². The molecule has 7 heteroatoms. The molecule has 6 nitrogen and oxygen atoms in total. The lowest BCUT2D eigenvalue weighted by Crippen LogP contribution is -2.57. The van der Waals surface area contributed by atoms with Crippen LogP contribution in [0.25, 0.3) is 0 Å². The quantitative estimate of drug-likeness (QED) is 0.680. The summed E-state index contributed by atoms with van der Waals surface area (Å²) in [6.45, 7) is 0.587. The fourth-order valence-corrected chi connectivity index (χ4v) is 4.38. The molecule has 120 valence electrons. The number of aliphatic hydroxyl groups excluding tert-OH is 2. The molecule has 3 aliphatic rings. The molecule has 21 heavy (non-hydrogen) atoms. The monoisotopic (exact) mass is 315 g/mol. The number of thioether (sulfide) groups is 1. The maximum Gasteiger partial charge on any atom is 0.161 e. The van der Waals surface area contributed by atoms with Gasteiger partial charge >= 0.3 is 0 Å². The highest BCUT2D eigenvalue weighted by Crippen LogP contribution is 2.36. The van der Waals surface area contributed by atoms with Gasteiger partial charge < -0.3 is 25.2 Å². The van der Waals surface area contributed by atoms with Crippen LogP contribution < -0.4 is 5.32 Å². The Morgan fingerprint density at radius 3 is 2.67 bits per heavy atom. The van der Waals surface area contributed by atoms with Gasteiger partial charge in [0.25, 0.3) is 0 Å². The van der Waals surface area contributed by atoms with Crippen LogP contribution in [0.15, 0.2) is 4.99 Å². The molecule has 2 heterocycles. The summed E-state index contributed by atoms with van der Waals surface area (Å²) in [4.78, 5) is 6.38. The molecule has 1 aliphatic carbocycles. The lowest BCUT2D eigenvalue weighted by atomic mass is 9.98. The predicted molar refractivity (Wildman–Crippen MR) is 83.4 cm³/mol. The lowest BCUT2D eigenvalue weighted by Gasteiger charge is -2.38. The molecule has 0 radical (unpaired) electrons. The van der Waals surface area contributed by atoms with E-state index in [4.69, 9.17) is 4.74 Å². The van der Waals surface area contributed by atoms with Crippen LogP contribution in [0, 0.1) is 0 Å². The highest BCUT2D eigenvalue weighted by atomic mass is 32.2. The zero-order valence-electron chi connectivity index (χ0n) is 12.6. The number of nitrogens with zero attached hydrogens (tertiary/aromatic N) is 2. The Morgan fingerprint density at radius 1 is 1.29 bits per heavy atom. The molecule has 0 aromatic rings. The van der Waals surface area contributed by atoms with Gasteiger partial charge in [-0.25, -0.2) is 0 Å². The summed E-state index contributed by atoms with van der Waals surface area (Å²) in [5.41, 5.74) is -0.198. The number of aliphatic hydroxyl groups is 2. The summed E-state index contributed by atoms with van der Waals surface area (Å²) >= 11 is 1.53. The standard InChI is InChI=1S/C14H25N3O3S/c1-17(2)14-16-10-12(19)11(18)9(20-13(10)21-14)7-15-8-5-3-4-6-8/h8-13,15,18-19H,3-7H2,1-2H3/t9-,10?,11?,12?,13-/m1/s1. The summed E-state index contributed by atoms with van der Waals surface area (Å²) < 4.78 is 5.98. The highest BCUT2D eigenvalue weighted by molar-refractivity contribution is 8.14. The summed E-state index contributed by atoms with van der Waals surface area (Å²) in [6, 6.07) is 0.158. The van der Waals surface area contributed by atoms with E-state index in [9.17, 15) is 10.2 Å². The third-order valence-corrected chi connectivity index (χ3v) is 5.80. The molecule has 2 fully saturated rings. The minimum Gasteiger partial charge on any atom is -0.388 e. The van der Waals surface area contributed by atoms with Crippen molar-refractivity contribution >= 4 is 16.9 Å². The van der Waals surface area contributed by atoms with E-state index in [1.54, 1.807) is 0 Å². The Kier molecular flexibility index (Phi) is 4.75. The summed E-state index contributed by atoms with van der Waals surface area (Å²) in [5, 5.41) is 24.9. The van der Waals surface area contributed by atoms with Crippen LogP contribution in [-0.4, -0.2) is 76.8 Å². The zero-order chi connectivity index (χ0) is 15.0. The van der Waals surface area contributed by atoms with Crippen molar-refractivity contribution < 1.29 is 14.9 Å². The van der Waals surface area contributed by atoms with Gasteiger partial charge in [-0.2, -0.15) is 0 Å². The molecule has 0 bridgehead atoms. The molecule has 3 rings (SSSR count). The van der Waals surface area contributed by atoms with Crippen molar-refractivity contribution in [2.24, 2.45) is 4.99 Å². The molecule has 0 aromatic carbocycles. The minimum absolute atomic E-state index is 0.198. The Hall–Kier alpha value is -0.340. The van der Waals surface area contributed by atoms with E-state index in [-0.39, 0.29) is 17.6 Å². The van der Waals surface area contributed by atoms with Crippen LogP contribution in [0.1, 0.15) is 25.7 Å². The fraction of sp³-hybridized carbons (Fsp3) is 0.929. The van der Waals surface area contributed by atoms with Crippen LogP contribution in [0.5, 0.6) is 0 Å². The molecular formula is C14H25N3O3S. The van der Waals surface area contributed by atoms with Gasteiger partial charge in [0.05, 0.1) is 0 Å². The average Bonchev–Trinajstić information content (AvgIpc) is 3.10. The molecule has 5 atom stereocenters. The second kappa shape index (κ2) is 6.42. The maximum atomic E-state index is 10.3. The van der Waals surface area contributed by atoms with Crippen molar-refractivity contribution in [1.29, 1.82) is 0 Å². The smallest absolute Gasteiger partial charge is 0.161 e. The average molecular weight is 315 g/mol. The predicted octanol–water partition coefficient (Wildman–Crippen LogP) is -0.00170. The SMILES string of the molecule is CN(C)C1=NC2C(O)C(O)[C@@H](CNC3CCCC3)O[C@@H]2S1. The summed E-state index contributed by atoms with van der Waals surface area (Å²) in [6.07, 6.45) is 2.82. The number of ether oxygens (including phenoxy) is 1. The van der Waals surface area contributed by atoms with Crippen LogP contribution in [0.4, 0.5) is 0 Å². The van der Waals surface area contributed by atoms with Gasteiger partial charge in [-0.15, -0.1) is 0 Å². The van der Waals surface area contributed by atoms with E-state index in [2.05, 4.69) is 10.3 Å². The fourth-order valence-electron chi connectivity index (χ4n) is 3.22. The molecule has 0 amide bonds. The first kappa shape index (κ1) is 15.6. The van der Waals surface area contributed by atoms with Crippen LogP contribution in [-0.2, 0) is 4.74 Å². The molecule has 3 unspecified atom stereocenters. The van der Waals surface area contributed by atoms with Gasteiger partial charge in [-0.05, 0) is 12.8 Å². The summed E-state index contributed by atoms with van der Waals surface area (Å²) in [5.74, 6) is 0. The van der Waals surface area contributed by atoms with E-state index in [1.165, 1.54) is 37.4 Å². The molecular weight excluding hydrogens is 290 g/mol. The molecule has 1 saturated carbocycles. The van der Waals surface area contributed by atoms with Gasteiger partial charge in [0.15, 0.2) is 5.17 Å². The molecule has 3 N–H and O–H groups in total. The zero-order valence-corrected chi connectivity index (χ0v) is 13.4. The molecule has 0 aromatic heterocycles. The van der Waals surface area contributed by atoms with Crippen LogP contribution >= 0.6 is 11.8 Å². The third-order valence-electron chi connectivity index (χ3n) is 4.50. The van der Waals surface area contributed by atoms with Crippen LogP contribution in [0.3, 0.4) is 0 Å². The first-order valence-corrected chi connectivity index (χ1v) is 8.61. The Morgan fingerprint density at radius 2 is 2.00 bits per heavy atom. The van der Waals surface area contributed by atoms with Crippen molar-refractivity contribution in [3.05, 3.63) is 0 Å². The van der Waals surface area contributed by atoms with E-state index < -0.39 is 12.2 Å². The van der Waals surface area contributed by atoms with Gasteiger partial charge in [-0.1, -0.05) is 24.6 Å². The van der Waals surface area contributed by atoms with Crippen molar-refractivity contribution in [2.75, 3.05) is 20.6 Å². The molecule has 1 saturated heterocycles. The topological polar surface area (TPSA) is 77.3 Å². The third kappa shape index (κ3) is 3.22. The second-order valence-electron chi connectivity index (χ2n) is 6.33. The Labute approximate surface area is 129 Å². The Bertz CT molecular complexity index is 401. The normalized spacial score (nSPS) is 40.2. The number of aliphatic imine (C=N–C) groups is 1. The van der Waals surface area contributed by atoms with E-state index in [0.29, 0.717) is 12.6 Å². The van der Waals surface area contributed by atoms with Crippen molar-refractivity contribution in [1.82, 2.24) is 10.2 Å². The number of hydrogen-bond donors (Lipinski definition) is 3. The molecule has 0 spiro atoms. The van der Waals surface area contributed by atoms with Gasteiger partial charge in [0, 0.05) is 26.7 Å². The van der Waals surface area contributed by atoms with Crippen molar-refractivity contribution in [3.8, 4) is 0 Å². The lowest BCUT2D eigenvalue weighted by molar-refractivity contribution is -0.151. The maximum absolute atomic E-state index is 10.3. The van der Waals surface area contributed by atoms with E-state index in [0.717, 1.165) is 5.17 Å². The number of nitrogens with one attached hydrogen (secondary N) is 1. The highest BCUT2D eigenvalue weighted by Gasteiger charge is 2.48. The van der Waals surface area contributed by atoms with E-state index >= 15 is 0 Å². The number of rotatable bonds is 3. The largest absolute Gasteiger partial charge is 0.388 e. The van der Waals surface area contributed by atoms with Gasteiger partial charge in [-0.3, -0.25) is 4.99 Å². The first-order chi connectivity index (χ1) is 10.1. The van der Waals surface area contributed by atoms with Gasteiger partial charge in [0.1, 0.15) is 29.8 Å². The Balaban J connectivity index is 1.59. The van der Waals surface area contributed by atoms with Gasteiger partial charge in [0.2, 0.25) is 0 Å². The second-order valence-corrected chi connectivity index (χ2v) is 7.39. The number of fused-ring (bicyclic) bond motifs is 1. The number of hydrogen-bond acceptors (Lipinski definition) is 7. The minimum atomic E-state index is -0.883.